The van der Waals surface area contributed by atoms with E-state index in [1.165, 1.54) is 19.1 Å². The summed E-state index contributed by atoms with van der Waals surface area (Å²) in [6.45, 7) is 1.33. The van der Waals surface area contributed by atoms with Crippen LogP contribution in [0.4, 0.5) is 5.69 Å². The first-order chi connectivity index (χ1) is 11.2. The predicted molar refractivity (Wildman–Crippen MR) is 90.6 cm³/mol. The van der Waals surface area contributed by atoms with E-state index in [-0.39, 0.29) is 12.3 Å². The van der Waals surface area contributed by atoms with Crippen molar-refractivity contribution in [3.8, 4) is 5.75 Å². The lowest BCUT2D eigenvalue weighted by Gasteiger charge is -2.06. The Morgan fingerprint density at radius 1 is 1.08 bits per heavy atom. The van der Waals surface area contributed by atoms with E-state index in [2.05, 4.69) is 5.32 Å². The number of nitrogens with one attached hydrogen (secondary N) is 1. The molecule has 0 saturated carbocycles. The highest BCUT2D eigenvalue weighted by Gasteiger charge is 2.18. The van der Waals surface area contributed by atoms with E-state index in [0.29, 0.717) is 11.3 Å². The molecule has 1 unspecified atom stereocenters. The number of anilines is 1. The topological polar surface area (TPSA) is 124 Å². The first-order valence-corrected chi connectivity index (χ1v) is 8.46. The van der Waals surface area contributed by atoms with Crippen molar-refractivity contribution in [1.29, 1.82) is 0 Å². The molecule has 2 rings (SSSR count). The van der Waals surface area contributed by atoms with Gasteiger partial charge in [-0.05, 0) is 36.8 Å². The van der Waals surface area contributed by atoms with Gasteiger partial charge in [-0.15, -0.1) is 0 Å². The third kappa shape index (κ3) is 7.12. The Bertz CT molecular complexity index is 744. The van der Waals surface area contributed by atoms with Gasteiger partial charge in [0.1, 0.15) is 17.5 Å². The summed E-state index contributed by atoms with van der Waals surface area (Å²) >= 11 is 0. The van der Waals surface area contributed by atoms with Crippen molar-refractivity contribution in [2.45, 2.75) is 12.2 Å². The van der Waals surface area contributed by atoms with Crippen LogP contribution in [-0.4, -0.2) is 35.7 Å². The fourth-order valence-corrected chi connectivity index (χ4v) is 2.15. The number of carbonyl (C=O) groups is 1. The highest BCUT2D eigenvalue weighted by Crippen LogP contribution is 2.19. The second kappa shape index (κ2) is 8.90. The van der Waals surface area contributed by atoms with Gasteiger partial charge in [0.2, 0.25) is 0 Å². The fraction of sp³-hybridized carbons (Fsp3) is 0.188. The van der Waals surface area contributed by atoms with E-state index >= 15 is 0 Å². The molecule has 2 aromatic rings. The van der Waals surface area contributed by atoms with Crippen LogP contribution in [0, 0.1) is 0 Å². The number of phenolic OH excluding ortho intramolecular Hbond substituents is 1. The van der Waals surface area contributed by atoms with Crippen molar-refractivity contribution in [2.24, 2.45) is 0 Å². The van der Waals surface area contributed by atoms with Gasteiger partial charge in [-0.3, -0.25) is 9.35 Å². The van der Waals surface area contributed by atoms with Crippen LogP contribution in [0.1, 0.15) is 17.7 Å². The average Bonchev–Trinajstić information content (AvgIpc) is 2.54. The minimum absolute atomic E-state index is 0.120. The molecule has 1 atom stereocenters. The highest BCUT2D eigenvalue weighted by molar-refractivity contribution is 7.86. The fourth-order valence-electron chi connectivity index (χ4n) is 1.65. The molecule has 0 spiro atoms. The van der Waals surface area contributed by atoms with Crippen LogP contribution < -0.4 is 5.32 Å². The number of rotatable bonds is 5. The van der Waals surface area contributed by atoms with Crippen molar-refractivity contribution in [2.75, 3.05) is 11.9 Å². The Morgan fingerprint density at radius 3 is 2.08 bits per heavy atom. The first kappa shape index (κ1) is 19.5. The summed E-state index contributed by atoms with van der Waals surface area (Å²) in [6, 6.07) is 14.8. The summed E-state index contributed by atoms with van der Waals surface area (Å²) in [4.78, 5) is 10.1. The molecule has 24 heavy (non-hydrogen) atoms. The molecule has 0 aliphatic heterocycles. The van der Waals surface area contributed by atoms with Crippen LogP contribution >= 0.6 is 0 Å². The number of phenols is 1. The molecule has 0 heterocycles. The molecule has 0 saturated heterocycles. The lowest BCUT2D eigenvalue weighted by atomic mass is 10.2. The summed E-state index contributed by atoms with van der Waals surface area (Å²) in [6.07, 6.45) is 0. The predicted octanol–water partition coefficient (Wildman–Crippen LogP) is 2.52. The maximum absolute atomic E-state index is 10.7. The van der Waals surface area contributed by atoms with Gasteiger partial charge in [0.25, 0.3) is 10.1 Å². The maximum Gasteiger partial charge on any atom is 0.322 e. The molecule has 8 heteroatoms. The molecule has 0 fully saturated rings. The number of carboxylic acid groups (broad SMARTS) is 1. The van der Waals surface area contributed by atoms with Crippen molar-refractivity contribution in [1.82, 2.24) is 0 Å². The SMILES string of the molecule is CC(c1ccccc1)S(=O)(=O)O.O=C(O)CNc1ccc(O)cc1. The molecule has 4 N–H and O–H groups in total. The van der Waals surface area contributed by atoms with Crippen LogP contribution in [0.25, 0.3) is 0 Å². The minimum Gasteiger partial charge on any atom is -0.508 e. The van der Waals surface area contributed by atoms with Crippen molar-refractivity contribution in [3.05, 3.63) is 60.2 Å². The van der Waals surface area contributed by atoms with Crippen molar-refractivity contribution in [3.63, 3.8) is 0 Å². The second-order valence-corrected chi connectivity index (χ2v) is 6.60. The van der Waals surface area contributed by atoms with E-state index in [9.17, 15) is 13.2 Å². The number of hydrogen-bond donors (Lipinski definition) is 4. The van der Waals surface area contributed by atoms with Crippen LogP contribution in [0.3, 0.4) is 0 Å². The monoisotopic (exact) mass is 353 g/mol. The molecule has 0 aromatic heterocycles. The van der Waals surface area contributed by atoms with Crippen LogP contribution in [0.2, 0.25) is 0 Å². The molecular formula is C16H19NO6S. The van der Waals surface area contributed by atoms with Gasteiger partial charge in [0.15, 0.2) is 0 Å². The van der Waals surface area contributed by atoms with Gasteiger partial charge in [0.05, 0.1) is 0 Å². The molecule has 0 amide bonds. The van der Waals surface area contributed by atoms with Crippen molar-refractivity contribution >= 4 is 21.8 Å². The first-order valence-electron chi connectivity index (χ1n) is 6.96. The van der Waals surface area contributed by atoms with E-state index < -0.39 is 21.3 Å². The van der Waals surface area contributed by atoms with Crippen LogP contribution in [0.5, 0.6) is 5.75 Å². The largest absolute Gasteiger partial charge is 0.508 e. The molecular weight excluding hydrogens is 334 g/mol. The van der Waals surface area contributed by atoms with Gasteiger partial charge in [0, 0.05) is 5.69 Å². The van der Waals surface area contributed by atoms with E-state index in [0.717, 1.165) is 0 Å². The molecule has 0 aliphatic rings. The summed E-state index contributed by atoms with van der Waals surface area (Å²) in [5.41, 5.74) is 1.27. The Morgan fingerprint density at radius 2 is 1.62 bits per heavy atom. The number of carboxylic acids is 1. The van der Waals surface area contributed by atoms with Gasteiger partial charge in [-0.1, -0.05) is 30.3 Å². The van der Waals surface area contributed by atoms with Gasteiger partial charge >= 0.3 is 5.97 Å². The van der Waals surface area contributed by atoms with E-state index in [4.69, 9.17) is 14.8 Å². The van der Waals surface area contributed by atoms with Crippen molar-refractivity contribution < 1.29 is 28.0 Å². The quantitative estimate of drug-likeness (QED) is 0.481. The lowest BCUT2D eigenvalue weighted by molar-refractivity contribution is -0.134. The zero-order valence-electron chi connectivity index (χ0n) is 13.0. The molecule has 0 radical (unpaired) electrons. The van der Waals surface area contributed by atoms with E-state index in [1.54, 1.807) is 42.5 Å². The normalized spacial score (nSPS) is 11.8. The van der Waals surface area contributed by atoms with Gasteiger partial charge in [-0.2, -0.15) is 8.42 Å². The smallest absolute Gasteiger partial charge is 0.322 e. The average molecular weight is 353 g/mol. The zero-order valence-corrected chi connectivity index (χ0v) is 13.8. The number of hydrogen-bond acceptors (Lipinski definition) is 5. The minimum atomic E-state index is -3.96. The Kier molecular flexibility index (Phi) is 7.22. The molecule has 0 bridgehead atoms. The Balaban J connectivity index is 0.000000240. The third-order valence-corrected chi connectivity index (χ3v) is 4.19. The Hall–Kier alpha value is -2.58. The standard InChI is InChI=1S/C8H9NO3.C8H10O3S/c10-7-3-1-6(2-4-7)9-5-8(11)12;1-7(12(9,10)11)8-5-3-2-4-6-8/h1-4,9-10H,5H2,(H,11,12);2-7H,1H3,(H,9,10,11). The number of benzene rings is 2. The molecule has 2 aromatic carbocycles. The zero-order chi connectivity index (χ0) is 18.2. The van der Waals surface area contributed by atoms with Crippen LogP contribution in [0.15, 0.2) is 54.6 Å². The number of aliphatic carboxylic acids is 1. The van der Waals surface area contributed by atoms with Gasteiger partial charge in [-0.25, -0.2) is 0 Å². The van der Waals surface area contributed by atoms with Gasteiger partial charge < -0.3 is 15.5 Å². The summed E-state index contributed by atoms with van der Waals surface area (Å²) < 4.78 is 30.1. The van der Waals surface area contributed by atoms with E-state index in [1.807, 2.05) is 0 Å². The van der Waals surface area contributed by atoms with Crippen LogP contribution in [-0.2, 0) is 14.9 Å². The molecule has 130 valence electrons. The molecule has 7 nitrogen and oxygen atoms in total. The summed E-state index contributed by atoms with van der Waals surface area (Å²) in [5, 5.41) is 19.0. The Labute approximate surface area is 140 Å². The summed E-state index contributed by atoms with van der Waals surface area (Å²) in [7, 11) is -3.96. The lowest BCUT2D eigenvalue weighted by Crippen LogP contribution is -2.11. The third-order valence-electron chi connectivity index (χ3n) is 3.03. The number of aromatic hydroxyl groups is 1. The highest BCUT2D eigenvalue weighted by atomic mass is 32.2. The second-order valence-electron chi connectivity index (χ2n) is 4.86. The maximum atomic E-state index is 10.7. The molecule has 0 aliphatic carbocycles. The summed E-state index contributed by atoms with van der Waals surface area (Å²) in [5.74, 6) is -0.751.